The first kappa shape index (κ1) is 15.4. The number of aliphatic hydroxyl groups is 1. The lowest BCUT2D eigenvalue weighted by molar-refractivity contribution is 0.282. The average Bonchev–Trinajstić information content (AvgIpc) is 2.36. The Hall–Kier alpha value is -0.620. The van der Waals surface area contributed by atoms with Crippen LogP contribution in [0.2, 0.25) is 5.02 Å². The molecule has 0 saturated heterocycles. The maximum atomic E-state index is 12.3. The Morgan fingerprint density at radius 2 is 2.06 bits per heavy atom. The average molecular weight is 292 g/mol. The topological polar surface area (TPSA) is 57.6 Å². The van der Waals surface area contributed by atoms with Crippen molar-refractivity contribution >= 4 is 21.6 Å². The van der Waals surface area contributed by atoms with Crippen molar-refractivity contribution in [1.82, 2.24) is 4.31 Å². The summed E-state index contributed by atoms with van der Waals surface area (Å²) in [5.74, 6) is 0. The zero-order valence-corrected chi connectivity index (χ0v) is 12.3. The van der Waals surface area contributed by atoms with Gasteiger partial charge in [-0.2, -0.15) is 4.31 Å². The van der Waals surface area contributed by atoms with Crippen LogP contribution in [0.25, 0.3) is 0 Å². The van der Waals surface area contributed by atoms with Crippen LogP contribution in [0, 0.1) is 0 Å². The molecule has 0 saturated carbocycles. The molecule has 1 N–H and O–H groups in total. The van der Waals surface area contributed by atoms with Crippen molar-refractivity contribution in [1.29, 1.82) is 0 Å². The number of hydrogen-bond donors (Lipinski definition) is 1. The molecule has 1 rings (SSSR count). The molecule has 0 bridgehead atoms. The Balaban J connectivity index is 3.17. The Morgan fingerprint density at radius 3 is 2.50 bits per heavy atom. The van der Waals surface area contributed by atoms with E-state index in [0.29, 0.717) is 5.56 Å². The number of aliphatic hydroxyl groups excluding tert-OH is 1. The van der Waals surface area contributed by atoms with Crippen LogP contribution in [0.1, 0.15) is 25.8 Å². The summed E-state index contributed by atoms with van der Waals surface area (Å²) in [7, 11) is -1.98. The van der Waals surface area contributed by atoms with Gasteiger partial charge in [-0.05, 0) is 31.0 Å². The molecule has 1 unspecified atom stereocenters. The second-order valence-electron chi connectivity index (χ2n) is 4.19. The minimum atomic E-state index is -3.53. The van der Waals surface area contributed by atoms with Crippen molar-refractivity contribution in [2.24, 2.45) is 0 Å². The van der Waals surface area contributed by atoms with Crippen LogP contribution in [0.4, 0.5) is 0 Å². The minimum Gasteiger partial charge on any atom is -0.392 e. The van der Waals surface area contributed by atoms with E-state index in [2.05, 4.69) is 0 Å². The SMILES string of the molecule is CCC(C)N(C)S(=O)(=O)c1ccc(CO)c(Cl)c1. The quantitative estimate of drug-likeness (QED) is 0.905. The van der Waals surface area contributed by atoms with E-state index < -0.39 is 10.0 Å². The molecule has 102 valence electrons. The summed E-state index contributed by atoms with van der Waals surface area (Å²) in [6.07, 6.45) is 0.734. The highest BCUT2D eigenvalue weighted by Gasteiger charge is 2.24. The van der Waals surface area contributed by atoms with Gasteiger partial charge in [0.25, 0.3) is 0 Å². The van der Waals surface area contributed by atoms with Crippen LogP contribution >= 0.6 is 11.6 Å². The lowest BCUT2D eigenvalue weighted by atomic mass is 10.2. The second kappa shape index (κ2) is 6.02. The van der Waals surface area contributed by atoms with E-state index in [1.54, 1.807) is 7.05 Å². The monoisotopic (exact) mass is 291 g/mol. The molecule has 1 atom stereocenters. The van der Waals surface area contributed by atoms with Gasteiger partial charge in [-0.15, -0.1) is 0 Å². The zero-order chi connectivity index (χ0) is 13.9. The first-order chi connectivity index (χ1) is 8.34. The van der Waals surface area contributed by atoms with Crippen molar-refractivity contribution in [2.75, 3.05) is 7.05 Å². The van der Waals surface area contributed by atoms with Gasteiger partial charge in [-0.3, -0.25) is 0 Å². The molecule has 1 aromatic rings. The highest BCUT2D eigenvalue weighted by Crippen LogP contribution is 2.24. The van der Waals surface area contributed by atoms with Crippen LogP contribution in [-0.2, 0) is 16.6 Å². The third kappa shape index (κ3) is 3.03. The standard InChI is InChI=1S/C12H18ClNO3S/c1-4-9(2)14(3)18(16,17)11-6-5-10(8-15)12(13)7-11/h5-7,9,15H,4,8H2,1-3H3. The van der Waals surface area contributed by atoms with E-state index in [4.69, 9.17) is 16.7 Å². The lowest BCUT2D eigenvalue weighted by Crippen LogP contribution is -2.34. The number of benzene rings is 1. The van der Waals surface area contributed by atoms with Gasteiger partial charge >= 0.3 is 0 Å². The smallest absolute Gasteiger partial charge is 0.243 e. The van der Waals surface area contributed by atoms with Crippen molar-refractivity contribution < 1.29 is 13.5 Å². The molecule has 6 heteroatoms. The minimum absolute atomic E-state index is 0.0775. The third-order valence-corrected chi connectivity index (χ3v) is 5.40. The summed E-state index contributed by atoms with van der Waals surface area (Å²) in [5, 5.41) is 9.26. The van der Waals surface area contributed by atoms with Gasteiger partial charge in [-0.25, -0.2) is 8.42 Å². The van der Waals surface area contributed by atoms with Gasteiger partial charge < -0.3 is 5.11 Å². The van der Waals surface area contributed by atoms with E-state index in [1.807, 2.05) is 13.8 Å². The normalized spacial score (nSPS) is 13.9. The second-order valence-corrected chi connectivity index (χ2v) is 6.59. The molecule has 0 aromatic heterocycles. The molecule has 0 fully saturated rings. The predicted octanol–water partition coefficient (Wildman–Crippen LogP) is 2.25. The van der Waals surface area contributed by atoms with E-state index in [9.17, 15) is 8.42 Å². The number of hydrogen-bond acceptors (Lipinski definition) is 3. The van der Waals surface area contributed by atoms with Crippen molar-refractivity contribution in [3.8, 4) is 0 Å². The maximum absolute atomic E-state index is 12.3. The molecule has 4 nitrogen and oxygen atoms in total. The maximum Gasteiger partial charge on any atom is 0.243 e. The summed E-state index contributed by atoms with van der Waals surface area (Å²) in [6.45, 7) is 3.57. The summed E-state index contributed by atoms with van der Waals surface area (Å²) in [6, 6.07) is 4.29. The molecular weight excluding hydrogens is 274 g/mol. The molecule has 0 aliphatic rings. The Labute approximate surface area is 113 Å². The van der Waals surface area contributed by atoms with Crippen LogP contribution < -0.4 is 0 Å². The number of nitrogens with zero attached hydrogens (tertiary/aromatic N) is 1. The molecule has 18 heavy (non-hydrogen) atoms. The van der Waals surface area contributed by atoms with Crippen LogP contribution in [0.5, 0.6) is 0 Å². The van der Waals surface area contributed by atoms with Crippen LogP contribution in [0.15, 0.2) is 23.1 Å². The molecule has 1 aromatic carbocycles. The van der Waals surface area contributed by atoms with E-state index in [1.165, 1.54) is 22.5 Å². The summed E-state index contributed by atoms with van der Waals surface area (Å²) in [4.78, 5) is 0.146. The van der Waals surface area contributed by atoms with Gasteiger partial charge in [0.2, 0.25) is 10.0 Å². The number of halogens is 1. The molecule has 0 spiro atoms. The Bertz CT molecular complexity index is 516. The summed E-state index contributed by atoms with van der Waals surface area (Å²) < 4.78 is 25.9. The molecule has 0 aliphatic carbocycles. The fourth-order valence-corrected chi connectivity index (χ4v) is 3.24. The predicted molar refractivity (Wildman–Crippen MR) is 72.1 cm³/mol. The van der Waals surface area contributed by atoms with E-state index >= 15 is 0 Å². The Morgan fingerprint density at radius 1 is 1.44 bits per heavy atom. The fraction of sp³-hybridized carbons (Fsp3) is 0.500. The summed E-state index contributed by atoms with van der Waals surface area (Å²) >= 11 is 5.91. The molecule has 0 amide bonds. The van der Waals surface area contributed by atoms with Crippen molar-refractivity contribution in [3.05, 3.63) is 28.8 Å². The zero-order valence-electron chi connectivity index (χ0n) is 10.7. The molecule has 0 heterocycles. The molecular formula is C12H18ClNO3S. The van der Waals surface area contributed by atoms with Gasteiger partial charge in [0.15, 0.2) is 0 Å². The van der Waals surface area contributed by atoms with Crippen molar-refractivity contribution in [3.63, 3.8) is 0 Å². The van der Waals surface area contributed by atoms with E-state index in [0.717, 1.165) is 6.42 Å². The Kier molecular flexibility index (Phi) is 5.16. The number of rotatable bonds is 5. The van der Waals surface area contributed by atoms with Crippen LogP contribution in [-0.4, -0.2) is 30.9 Å². The first-order valence-electron chi connectivity index (χ1n) is 5.71. The summed E-state index contributed by atoms with van der Waals surface area (Å²) in [5.41, 5.74) is 0.516. The lowest BCUT2D eigenvalue weighted by Gasteiger charge is -2.23. The first-order valence-corrected chi connectivity index (χ1v) is 7.53. The molecule has 0 radical (unpaired) electrons. The van der Waals surface area contributed by atoms with Crippen molar-refractivity contribution in [2.45, 2.75) is 37.8 Å². The van der Waals surface area contributed by atoms with E-state index in [-0.39, 0.29) is 22.6 Å². The van der Waals surface area contributed by atoms with Gasteiger partial charge in [0.05, 0.1) is 11.5 Å². The highest BCUT2D eigenvalue weighted by atomic mass is 35.5. The van der Waals surface area contributed by atoms with Gasteiger partial charge in [0, 0.05) is 18.1 Å². The highest BCUT2D eigenvalue weighted by molar-refractivity contribution is 7.89. The molecule has 0 aliphatic heterocycles. The number of sulfonamides is 1. The van der Waals surface area contributed by atoms with Gasteiger partial charge in [-0.1, -0.05) is 24.6 Å². The van der Waals surface area contributed by atoms with Gasteiger partial charge in [0.1, 0.15) is 0 Å². The largest absolute Gasteiger partial charge is 0.392 e. The van der Waals surface area contributed by atoms with Crippen LogP contribution in [0.3, 0.4) is 0 Å². The third-order valence-electron chi connectivity index (χ3n) is 3.08. The fourth-order valence-electron chi connectivity index (χ4n) is 1.48.